The molecule has 2 atom stereocenters. The van der Waals surface area contributed by atoms with Crippen molar-refractivity contribution in [2.75, 3.05) is 5.32 Å². The summed E-state index contributed by atoms with van der Waals surface area (Å²) in [5, 5.41) is 13.3. The molecular weight excluding hydrogens is 274 g/mol. The first kappa shape index (κ1) is 13.5. The van der Waals surface area contributed by atoms with Gasteiger partial charge in [-0.1, -0.05) is 13.8 Å². The number of nitro groups is 1. The molecule has 7 heteroatoms. The number of rotatable bonds is 4. The van der Waals surface area contributed by atoms with Crippen LogP contribution in [0.3, 0.4) is 0 Å². The number of hydrogen-bond donors (Lipinski definition) is 1. The minimum absolute atomic E-state index is 0.183. The molecule has 0 aliphatic heterocycles. The van der Waals surface area contributed by atoms with Crippen molar-refractivity contribution in [2.45, 2.75) is 32.2 Å². The normalized spacial score (nSPS) is 20.7. The fraction of sp³-hybridized carbons (Fsp3) is 0.429. The summed E-state index contributed by atoms with van der Waals surface area (Å²) in [4.78, 5) is 26.4. The molecule has 2 aromatic rings. The molecule has 1 aliphatic rings. The van der Waals surface area contributed by atoms with Crippen molar-refractivity contribution in [1.29, 1.82) is 0 Å². The Hall–Kier alpha value is -2.44. The number of amides is 1. The average molecular weight is 289 g/mol. The Morgan fingerprint density at radius 2 is 2.29 bits per heavy atom. The van der Waals surface area contributed by atoms with Gasteiger partial charge in [0.25, 0.3) is 0 Å². The standard InChI is InChI=1S/C14H15N3O4/c1-7(2)14-16-10-5-8(3-4-12(10)21-14)15-13(18)9-6-11(9)17(19)20/h3-5,7,9,11H,6H2,1-2H3,(H,15,18)/t9-,11-/m1/s1. The molecule has 110 valence electrons. The van der Waals surface area contributed by atoms with Crippen molar-refractivity contribution < 1.29 is 14.1 Å². The number of anilines is 1. The van der Waals surface area contributed by atoms with Crippen LogP contribution in [0.5, 0.6) is 0 Å². The van der Waals surface area contributed by atoms with Crippen LogP contribution >= 0.6 is 0 Å². The molecule has 1 aromatic carbocycles. The van der Waals surface area contributed by atoms with E-state index in [1.165, 1.54) is 0 Å². The molecule has 0 spiro atoms. The highest BCUT2D eigenvalue weighted by Gasteiger charge is 2.53. The molecule has 7 nitrogen and oxygen atoms in total. The van der Waals surface area contributed by atoms with Crippen LogP contribution < -0.4 is 5.32 Å². The maximum absolute atomic E-state index is 11.9. The lowest BCUT2D eigenvalue weighted by molar-refractivity contribution is -0.497. The first-order valence-corrected chi connectivity index (χ1v) is 6.80. The van der Waals surface area contributed by atoms with Gasteiger partial charge >= 0.3 is 0 Å². The van der Waals surface area contributed by atoms with Gasteiger partial charge in [0.2, 0.25) is 11.9 Å². The summed E-state index contributed by atoms with van der Waals surface area (Å²) >= 11 is 0. The molecule has 1 aromatic heterocycles. The van der Waals surface area contributed by atoms with E-state index in [0.717, 1.165) is 0 Å². The summed E-state index contributed by atoms with van der Waals surface area (Å²) in [6.45, 7) is 3.97. The molecule has 1 amide bonds. The molecule has 0 unspecified atom stereocenters. The van der Waals surface area contributed by atoms with Gasteiger partial charge in [-0.15, -0.1) is 0 Å². The van der Waals surface area contributed by atoms with Gasteiger partial charge in [-0.3, -0.25) is 14.9 Å². The van der Waals surface area contributed by atoms with Crippen molar-refractivity contribution in [3.05, 3.63) is 34.2 Å². The van der Waals surface area contributed by atoms with Gasteiger partial charge < -0.3 is 9.73 Å². The number of hydrogen-bond acceptors (Lipinski definition) is 5. The molecular formula is C14H15N3O4. The van der Waals surface area contributed by atoms with Gasteiger partial charge in [-0.05, 0) is 18.2 Å². The maximum Gasteiger partial charge on any atom is 0.234 e. The molecule has 0 saturated heterocycles. The second kappa shape index (κ2) is 4.83. The molecule has 3 rings (SSSR count). The first-order valence-electron chi connectivity index (χ1n) is 6.80. The molecule has 21 heavy (non-hydrogen) atoms. The summed E-state index contributed by atoms with van der Waals surface area (Å²) in [5.74, 6) is -0.0188. The number of nitrogens with zero attached hydrogens (tertiary/aromatic N) is 2. The topological polar surface area (TPSA) is 98.3 Å². The Balaban J connectivity index is 1.75. The minimum atomic E-state index is -0.742. The van der Waals surface area contributed by atoms with E-state index in [1.807, 2.05) is 13.8 Å². The van der Waals surface area contributed by atoms with Crippen LogP contribution in [-0.4, -0.2) is 21.9 Å². The molecule has 0 bridgehead atoms. The zero-order valence-electron chi connectivity index (χ0n) is 11.7. The molecule has 0 radical (unpaired) electrons. The van der Waals surface area contributed by atoms with Crippen molar-refractivity contribution in [2.24, 2.45) is 5.92 Å². The summed E-state index contributed by atoms with van der Waals surface area (Å²) in [6.07, 6.45) is 0.308. The number of benzene rings is 1. The lowest BCUT2D eigenvalue weighted by atomic mass is 10.2. The number of carbonyl (C=O) groups is 1. The van der Waals surface area contributed by atoms with E-state index in [-0.39, 0.29) is 11.8 Å². The fourth-order valence-electron chi connectivity index (χ4n) is 2.20. The summed E-state index contributed by atoms with van der Waals surface area (Å²) in [7, 11) is 0. The van der Waals surface area contributed by atoms with Crippen LogP contribution in [0.15, 0.2) is 22.6 Å². The lowest BCUT2D eigenvalue weighted by Gasteiger charge is -2.02. The Morgan fingerprint density at radius 3 is 2.90 bits per heavy atom. The smallest absolute Gasteiger partial charge is 0.234 e. The monoisotopic (exact) mass is 289 g/mol. The third-order valence-corrected chi connectivity index (χ3v) is 3.53. The largest absolute Gasteiger partial charge is 0.440 e. The van der Waals surface area contributed by atoms with E-state index >= 15 is 0 Å². The first-order chi connectivity index (χ1) is 9.95. The number of nitrogens with one attached hydrogen (secondary N) is 1. The molecule has 1 heterocycles. The van der Waals surface area contributed by atoms with E-state index in [1.54, 1.807) is 18.2 Å². The van der Waals surface area contributed by atoms with Crippen LogP contribution in [0.1, 0.15) is 32.1 Å². The van der Waals surface area contributed by atoms with E-state index < -0.39 is 16.9 Å². The number of carbonyl (C=O) groups excluding carboxylic acids is 1. The highest BCUT2D eigenvalue weighted by atomic mass is 16.6. The number of oxazole rings is 1. The van der Waals surface area contributed by atoms with Gasteiger partial charge in [-0.2, -0.15) is 0 Å². The minimum Gasteiger partial charge on any atom is -0.440 e. The third-order valence-electron chi connectivity index (χ3n) is 3.53. The Labute approximate surface area is 120 Å². The second-order valence-corrected chi connectivity index (χ2v) is 5.57. The van der Waals surface area contributed by atoms with Crippen LogP contribution in [0.25, 0.3) is 11.1 Å². The zero-order valence-corrected chi connectivity index (χ0v) is 11.7. The van der Waals surface area contributed by atoms with Crippen LogP contribution in [0, 0.1) is 16.0 Å². The number of aromatic nitrogens is 1. The molecule has 1 aliphatic carbocycles. The van der Waals surface area contributed by atoms with E-state index in [2.05, 4.69) is 10.3 Å². The highest BCUT2D eigenvalue weighted by Crippen LogP contribution is 2.34. The Kier molecular flexibility index (Phi) is 3.12. The molecule has 1 fully saturated rings. The summed E-state index contributed by atoms with van der Waals surface area (Å²) < 4.78 is 5.58. The van der Waals surface area contributed by atoms with E-state index in [9.17, 15) is 14.9 Å². The third kappa shape index (κ3) is 2.58. The van der Waals surface area contributed by atoms with E-state index in [4.69, 9.17) is 4.42 Å². The van der Waals surface area contributed by atoms with Crippen LogP contribution in [0.2, 0.25) is 0 Å². The zero-order chi connectivity index (χ0) is 15.1. The van der Waals surface area contributed by atoms with Crippen LogP contribution in [0.4, 0.5) is 5.69 Å². The maximum atomic E-state index is 11.9. The van der Waals surface area contributed by atoms with Crippen molar-refractivity contribution >= 4 is 22.7 Å². The van der Waals surface area contributed by atoms with Gasteiger partial charge in [0.05, 0.1) is 0 Å². The second-order valence-electron chi connectivity index (χ2n) is 5.57. The Bertz CT molecular complexity index is 722. The summed E-state index contributed by atoms with van der Waals surface area (Å²) in [5.41, 5.74) is 1.90. The van der Waals surface area contributed by atoms with Gasteiger partial charge in [0.15, 0.2) is 11.5 Å². The fourth-order valence-corrected chi connectivity index (χ4v) is 2.20. The van der Waals surface area contributed by atoms with Gasteiger partial charge in [0.1, 0.15) is 11.4 Å². The SMILES string of the molecule is CC(C)c1nc2cc(NC(=O)[C@@H]3C[C@H]3[N+](=O)[O-])ccc2o1. The lowest BCUT2D eigenvalue weighted by Crippen LogP contribution is -2.18. The number of fused-ring (bicyclic) bond motifs is 1. The van der Waals surface area contributed by atoms with Crippen LogP contribution in [-0.2, 0) is 4.79 Å². The van der Waals surface area contributed by atoms with Crippen molar-refractivity contribution in [1.82, 2.24) is 4.98 Å². The van der Waals surface area contributed by atoms with Crippen molar-refractivity contribution in [3.63, 3.8) is 0 Å². The van der Waals surface area contributed by atoms with Crippen molar-refractivity contribution in [3.8, 4) is 0 Å². The highest BCUT2D eigenvalue weighted by molar-refractivity contribution is 5.96. The summed E-state index contributed by atoms with van der Waals surface area (Å²) in [6, 6.07) is 4.42. The van der Waals surface area contributed by atoms with Gasteiger partial charge in [0, 0.05) is 22.9 Å². The molecule has 1 N–H and O–H groups in total. The Morgan fingerprint density at radius 1 is 1.52 bits per heavy atom. The van der Waals surface area contributed by atoms with Gasteiger partial charge in [-0.25, -0.2) is 4.98 Å². The predicted molar refractivity (Wildman–Crippen MR) is 75.6 cm³/mol. The predicted octanol–water partition coefficient (Wildman–Crippen LogP) is 2.55. The average Bonchev–Trinajstić information content (AvgIpc) is 3.12. The van der Waals surface area contributed by atoms with E-state index in [0.29, 0.717) is 29.1 Å². The molecule has 1 saturated carbocycles. The quantitative estimate of drug-likeness (QED) is 0.689.